The monoisotopic (exact) mass is 274 g/mol. The molecule has 0 spiro atoms. The van der Waals surface area contributed by atoms with Crippen molar-refractivity contribution in [3.63, 3.8) is 0 Å². The van der Waals surface area contributed by atoms with E-state index in [4.69, 9.17) is 15.6 Å². The zero-order valence-electron chi connectivity index (χ0n) is 12.1. The first-order valence-corrected chi connectivity index (χ1v) is 7.12. The van der Waals surface area contributed by atoms with Crippen LogP contribution in [0, 0.1) is 0 Å². The van der Waals surface area contributed by atoms with Crippen molar-refractivity contribution in [2.24, 2.45) is 12.9 Å². The number of rotatable bonds is 5. The van der Waals surface area contributed by atoms with Gasteiger partial charge in [-0.25, -0.2) is 4.98 Å². The molecule has 1 heterocycles. The molecule has 3 rings (SSSR count). The molecule has 5 nitrogen and oxygen atoms in total. The molecule has 1 fully saturated rings. The van der Waals surface area contributed by atoms with Crippen LogP contribution in [-0.2, 0) is 18.2 Å². The van der Waals surface area contributed by atoms with Gasteiger partial charge in [-0.2, -0.15) is 0 Å². The topological polar surface area (TPSA) is 65.1 Å². The summed E-state index contributed by atoms with van der Waals surface area (Å²) < 4.78 is 7.87. The van der Waals surface area contributed by atoms with E-state index in [0.29, 0.717) is 0 Å². The minimum absolute atomic E-state index is 0.0942. The first kappa shape index (κ1) is 13.5. The van der Waals surface area contributed by atoms with Gasteiger partial charge in [-0.1, -0.05) is 12.1 Å². The number of nitrogens with zero attached hydrogens (tertiary/aromatic N) is 2. The van der Waals surface area contributed by atoms with Gasteiger partial charge in [-0.05, 0) is 31.4 Å². The van der Waals surface area contributed by atoms with Crippen LogP contribution >= 0.6 is 0 Å². The standard InChI is InChI=1S/C15H22N4O/c1-19-12-7-4-3-6-11(12)17-14(19)10-13(18-16)15(20-2)8-5-9-15/h3-4,6-7,13,18H,5,8-10,16H2,1-2H3. The molecule has 1 atom stereocenters. The maximum absolute atomic E-state index is 5.77. The number of nitrogens with one attached hydrogen (secondary N) is 1. The van der Waals surface area contributed by atoms with Crippen LogP contribution in [0.15, 0.2) is 24.3 Å². The number of hydrogen-bond acceptors (Lipinski definition) is 4. The second-order valence-electron chi connectivity index (χ2n) is 5.62. The Balaban J connectivity index is 1.89. The maximum atomic E-state index is 5.77. The molecule has 1 unspecified atom stereocenters. The highest BCUT2D eigenvalue weighted by Gasteiger charge is 2.44. The van der Waals surface area contributed by atoms with E-state index in [1.807, 2.05) is 18.2 Å². The Morgan fingerprint density at radius 2 is 2.20 bits per heavy atom. The largest absolute Gasteiger partial charge is 0.377 e. The predicted molar refractivity (Wildman–Crippen MR) is 79.1 cm³/mol. The number of aromatic nitrogens is 2. The molecule has 20 heavy (non-hydrogen) atoms. The lowest BCUT2D eigenvalue weighted by molar-refractivity contribution is -0.0986. The van der Waals surface area contributed by atoms with E-state index < -0.39 is 0 Å². The van der Waals surface area contributed by atoms with Crippen LogP contribution in [0.1, 0.15) is 25.1 Å². The number of imidazole rings is 1. The van der Waals surface area contributed by atoms with Crippen molar-refractivity contribution < 1.29 is 4.74 Å². The third-order valence-corrected chi connectivity index (χ3v) is 4.71. The molecule has 5 heteroatoms. The van der Waals surface area contributed by atoms with Crippen molar-refractivity contribution in [2.45, 2.75) is 37.3 Å². The number of ether oxygens (including phenoxy) is 1. The second kappa shape index (κ2) is 5.16. The summed E-state index contributed by atoms with van der Waals surface area (Å²) in [4.78, 5) is 4.72. The molecule has 2 aromatic rings. The van der Waals surface area contributed by atoms with Gasteiger partial charge in [-0.3, -0.25) is 11.3 Å². The fourth-order valence-electron chi connectivity index (χ4n) is 3.18. The fourth-order valence-corrected chi connectivity index (χ4v) is 3.18. The number of nitrogens with two attached hydrogens (primary N) is 1. The molecule has 108 valence electrons. The molecular formula is C15H22N4O. The highest BCUT2D eigenvalue weighted by Crippen LogP contribution is 2.39. The van der Waals surface area contributed by atoms with E-state index in [-0.39, 0.29) is 11.6 Å². The quantitative estimate of drug-likeness (QED) is 0.641. The summed E-state index contributed by atoms with van der Waals surface area (Å²) in [5.74, 6) is 6.81. The predicted octanol–water partition coefficient (Wildman–Crippen LogP) is 1.52. The van der Waals surface area contributed by atoms with Gasteiger partial charge in [0.15, 0.2) is 0 Å². The fraction of sp³-hybridized carbons (Fsp3) is 0.533. The highest BCUT2D eigenvalue weighted by molar-refractivity contribution is 5.75. The Kier molecular flexibility index (Phi) is 3.50. The normalized spacial score (nSPS) is 18.9. The van der Waals surface area contributed by atoms with Crippen molar-refractivity contribution >= 4 is 11.0 Å². The molecule has 1 saturated carbocycles. The average molecular weight is 274 g/mol. The molecule has 0 bridgehead atoms. The SMILES string of the molecule is COC1(C(Cc2nc3ccccc3n2C)NN)CCC1. The molecule has 1 aliphatic rings. The van der Waals surface area contributed by atoms with E-state index in [1.54, 1.807) is 7.11 Å². The molecule has 0 aliphatic heterocycles. The Bertz CT molecular complexity index is 597. The Labute approximate surface area is 119 Å². The van der Waals surface area contributed by atoms with Gasteiger partial charge in [0, 0.05) is 20.6 Å². The van der Waals surface area contributed by atoms with Gasteiger partial charge in [0.2, 0.25) is 0 Å². The van der Waals surface area contributed by atoms with E-state index in [0.717, 1.165) is 36.1 Å². The number of para-hydroxylation sites is 2. The lowest BCUT2D eigenvalue weighted by Gasteiger charge is -2.46. The van der Waals surface area contributed by atoms with E-state index in [9.17, 15) is 0 Å². The zero-order valence-corrected chi connectivity index (χ0v) is 12.1. The van der Waals surface area contributed by atoms with Crippen LogP contribution in [0.5, 0.6) is 0 Å². The molecule has 0 saturated heterocycles. The van der Waals surface area contributed by atoms with Gasteiger partial charge >= 0.3 is 0 Å². The third-order valence-electron chi connectivity index (χ3n) is 4.71. The summed E-state index contributed by atoms with van der Waals surface area (Å²) in [5, 5.41) is 0. The summed E-state index contributed by atoms with van der Waals surface area (Å²) in [6.07, 6.45) is 4.09. The van der Waals surface area contributed by atoms with Gasteiger partial charge in [0.25, 0.3) is 0 Å². The summed E-state index contributed by atoms with van der Waals surface area (Å²) >= 11 is 0. The summed E-state index contributed by atoms with van der Waals surface area (Å²) in [6, 6.07) is 8.28. The molecular weight excluding hydrogens is 252 g/mol. The highest BCUT2D eigenvalue weighted by atomic mass is 16.5. The summed E-state index contributed by atoms with van der Waals surface area (Å²) in [5.41, 5.74) is 4.99. The van der Waals surface area contributed by atoms with Crippen molar-refractivity contribution in [1.82, 2.24) is 15.0 Å². The molecule has 1 aliphatic carbocycles. The van der Waals surface area contributed by atoms with E-state index in [1.165, 1.54) is 6.42 Å². The molecule has 3 N–H and O–H groups in total. The van der Waals surface area contributed by atoms with Gasteiger partial charge in [0.05, 0.1) is 22.7 Å². The van der Waals surface area contributed by atoms with Crippen LogP contribution in [0.4, 0.5) is 0 Å². The average Bonchev–Trinajstić information content (AvgIpc) is 2.74. The van der Waals surface area contributed by atoms with Crippen LogP contribution in [0.25, 0.3) is 11.0 Å². The maximum Gasteiger partial charge on any atom is 0.111 e. The summed E-state index contributed by atoms with van der Waals surface area (Å²) in [6.45, 7) is 0. The van der Waals surface area contributed by atoms with Crippen molar-refractivity contribution in [3.8, 4) is 0 Å². The van der Waals surface area contributed by atoms with Gasteiger partial charge in [0.1, 0.15) is 5.82 Å². The van der Waals surface area contributed by atoms with E-state index in [2.05, 4.69) is 23.1 Å². The van der Waals surface area contributed by atoms with Crippen LogP contribution in [0.3, 0.4) is 0 Å². The van der Waals surface area contributed by atoms with Crippen LogP contribution in [0.2, 0.25) is 0 Å². The van der Waals surface area contributed by atoms with E-state index >= 15 is 0 Å². The zero-order chi connectivity index (χ0) is 14.2. The first-order valence-electron chi connectivity index (χ1n) is 7.12. The number of hydrogen-bond donors (Lipinski definition) is 2. The third kappa shape index (κ3) is 2.02. The second-order valence-corrected chi connectivity index (χ2v) is 5.62. The number of methoxy groups -OCH3 is 1. The van der Waals surface area contributed by atoms with Crippen LogP contribution < -0.4 is 11.3 Å². The smallest absolute Gasteiger partial charge is 0.111 e. The minimum Gasteiger partial charge on any atom is -0.377 e. The lowest BCUT2D eigenvalue weighted by Crippen LogP contribution is -2.59. The van der Waals surface area contributed by atoms with Crippen molar-refractivity contribution in [2.75, 3.05) is 7.11 Å². The Morgan fingerprint density at radius 1 is 1.45 bits per heavy atom. The number of aryl methyl sites for hydroxylation is 1. The molecule has 1 aromatic carbocycles. The molecule has 1 aromatic heterocycles. The first-order chi connectivity index (χ1) is 9.70. The minimum atomic E-state index is -0.132. The number of fused-ring (bicyclic) bond motifs is 1. The summed E-state index contributed by atoms with van der Waals surface area (Å²) in [7, 11) is 3.83. The van der Waals surface area contributed by atoms with Crippen molar-refractivity contribution in [3.05, 3.63) is 30.1 Å². The van der Waals surface area contributed by atoms with Gasteiger partial charge in [-0.15, -0.1) is 0 Å². The van der Waals surface area contributed by atoms with Gasteiger partial charge < -0.3 is 9.30 Å². The lowest BCUT2D eigenvalue weighted by atomic mass is 9.73. The molecule has 0 radical (unpaired) electrons. The van der Waals surface area contributed by atoms with Crippen molar-refractivity contribution in [1.29, 1.82) is 0 Å². The number of hydrazine groups is 1. The number of benzene rings is 1. The Hall–Kier alpha value is -1.43. The van der Waals surface area contributed by atoms with Crippen LogP contribution in [-0.4, -0.2) is 28.3 Å². The Morgan fingerprint density at radius 3 is 2.75 bits per heavy atom. The molecule has 0 amide bonds.